The number of carbonyl (C=O) groups excluding carboxylic acids is 1. The molecule has 1 aromatic carbocycles. The van der Waals surface area contributed by atoms with Gasteiger partial charge in [0.05, 0.1) is 13.2 Å². The molecule has 5 heteroatoms. The summed E-state index contributed by atoms with van der Waals surface area (Å²) < 4.78 is 5.15. The van der Waals surface area contributed by atoms with Gasteiger partial charge in [-0.3, -0.25) is 4.79 Å². The monoisotopic (exact) mass is 278 g/mol. The van der Waals surface area contributed by atoms with Crippen LogP contribution in [0.15, 0.2) is 24.3 Å². The molecule has 1 aliphatic rings. The number of benzene rings is 1. The van der Waals surface area contributed by atoms with Gasteiger partial charge in [-0.15, -0.1) is 0 Å². The number of amides is 1. The fourth-order valence-electron chi connectivity index (χ4n) is 2.42. The number of nitrogens with one attached hydrogen (secondary N) is 1. The maximum atomic E-state index is 11.4. The van der Waals surface area contributed by atoms with Crippen molar-refractivity contribution in [3.8, 4) is 5.75 Å². The zero-order valence-electron chi connectivity index (χ0n) is 12.0. The third kappa shape index (κ3) is 3.71. The second-order valence-electron chi connectivity index (χ2n) is 5.21. The number of aliphatic hydroxyl groups is 1. The van der Waals surface area contributed by atoms with Crippen LogP contribution in [0.2, 0.25) is 0 Å². The first-order valence-corrected chi connectivity index (χ1v) is 6.89. The van der Waals surface area contributed by atoms with Gasteiger partial charge in [0, 0.05) is 32.6 Å². The minimum Gasteiger partial charge on any atom is -0.497 e. The Morgan fingerprint density at radius 3 is 3.05 bits per heavy atom. The van der Waals surface area contributed by atoms with Gasteiger partial charge in [-0.2, -0.15) is 0 Å². The number of nitrogens with zero attached hydrogens (tertiary/aromatic N) is 1. The molecule has 2 unspecified atom stereocenters. The fraction of sp³-hybridized carbons (Fsp3) is 0.533. The SMILES string of the molecule is COc1cccc(C(O)CNC2CCC(=O)N(C)C2)c1. The number of likely N-dealkylation sites (N-methyl/N-ethyl adjacent to an activating group) is 1. The number of aliphatic hydroxyl groups excluding tert-OH is 1. The second-order valence-corrected chi connectivity index (χ2v) is 5.21. The molecule has 110 valence electrons. The quantitative estimate of drug-likeness (QED) is 0.841. The summed E-state index contributed by atoms with van der Waals surface area (Å²) in [4.78, 5) is 13.1. The van der Waals surface area contributed by atoms with E-state index in [0.717, 1.165) is 17.7 Å². The van der Waals surface area contributed by atoms with Gasteiger partial charge >= 0.3 is 0 Å². The summed E-state index contributed by atoms with van der Waals surface area (Å²) in [5.41, 5.74) is 0.831. The average molecular weight is 278 g/mol. The molecule has 1 amide bonds. The Morgan fingerprint density at radius 1 is 1.55 bits per heavy atom. The van der Waals surface area contributed by atoms with Crippen molar-refractivity contribution in [3.05, 3.63) is 29.8 Å². The van der Waals surface area contributed by atoms with Crippen molar-refractivity contribution in [2.24, 2.45) is 0 Å². The zero-order valence-corrected chi connectivity index (χ0v) is 12.0. The van der Waals surface area contributed by atoms with E-state index < -0.39 is 6.10 Å². The fourth-order valence-corrected chi connectivity index (χ4v) is 2.42. The molecule has 0 aromatic heterocycles. The molecule has 1 saturated heterocycles. The van der Waals surface area contributed by atoms with Crippen molar-refractivity contribution in [1.29, 1.82) is 0 Å². The summed E-state index contributed by atoms with van der Waals surface area (Å²) in [6.45, 7) is 1.17. The molecule has 2 rings (SSSR count). The van der Waals surface area contributed by atoms with E-state index in [1.165, 1.54) is 0 Å². The van der Waals surface area contributed by atoms with E-state index in [9.17, 15) is 9.90 Å². The Balaban J connectivity index is 1.85. The minimum absolute atomic E-state index is 0.191. The van der Waals surface area contributed by atoms with Crippen LogP contribution in [0, 0.1) is 0 Å². The lowest BCUT2D eigenvalue weighted by Gasteiger charge is -2.30. The largest absolute Gasteiger partial charge is 0.497 e. The van der Waals surface area contributed by atoms with Crippen molar-refractivity contribution in [1.82, 2.24) is 10.2 Å². The van der Waals surface area contributed by atoms with Gasteiger partial charge in [-0.25, -0.2) is 0 Å². The molecule has 1 aromatic rings. The van der Waals surface area contributed by atoms with Gasteiger partial charge < -0.3 is 20.1 Å². The Hall–Kier alpha value is -1.59. The van der Waals surface area contributed by atoms with E-state index in [2.05, 4.69) is 5.32 Å². The normalized spacial score (nSPS) is 20.9. The van der Waals surface area contributed by atoms with Gasteiger partial charge in [0.25, 0.3) is 0 Å². The molecule has 2 N–H and O–H groups in total. The zero-order chi connectivity index (χ0) is 14.5. The molecule has 20 heavy (non-hydrogen) atoms. The molecule has 1 fully saturated rings. The number of rotatable bonds is 5. The van der Waals surface area contributed by atoms with Crippen molar-refractivity contribution < 1.29 is 14.6 Å². The topological polar surface area (TPSA) is 61.8 Å². The molecule has 0 aliphatic carbocycles. The molecule has 5 nitrogen and oxygen atoms in total. The van der Waals surface area contributed by atoms with Crippen molar-refractivity contribution in [3.63, 3.8) is 0 Å². The summed E-state index contributed by atoms with van der Waals surface area (Å²) in [5, 5.41) is 13.5. The number of methoxy groups -OCH3 is 1. The minimum atomic E-state index is -0.576. The molecule has 0 saturated carbocycles. The number of hydrogen-bond donors (Lipinski definition) is 2. The molecule has 1 aliphatic heterocycles. The van der Waals surface area contributed by atoms with E-state index in [-0.39, 0.29) is 11.9 Å². The summed E-state index contributed by atoms with van der Waals surface area (Å²) >= 11 is 0. The van der Waals surface area contributed by atoms with Gasteiger partial charge in [0.2, 0.25) is 5.91 Å². The van der Waals surface area contributed by atoms with Crippen molar-refractivity contribution >= 4 is 5.91 Å². The first kappa shape index (κ1) is 14.8. The Labute approximate surface area is 119 Å². The van der Waals surface area contributed by atoms with E-state index in [4.69, 9.17) is 4.74 Å². The average Bonchev–Trinajstić information content (AvgIpc) is 2.48. The Morgan fingerprint density at radius 2 is 2.35 bits per heavy atom. The van der Waals surface area contributed by atoms with E-state index in [1.54, 1.807) is 12.0 Å². The van der Waals surface area contributed by atoms with Crippen molar-refractivity contribution in [2.45, 2.75) is 25.0 Å². The molecule has 1 heterocycles. The highest BCUT2D eigenvalue weighted by molar-refractivity contribution is 5.76. The van der Waals surface area contributed by atoms with Crippen LogP contribution < -0.4 is 10.1 Å². The van der Waals surface area contributed by atoms with E-state index in [0.29, 0.717) is 19.5 Å². The van der Waals surface area contributed by atoms with Crippen LogP contribution in [0.25, 0.3) is 0 Å². The van der Waals surface area contributed by atoms with Gasteiger partial charge in [0.1, 0.15) is 5.75 Å². The molecule has 2 atom stereocenters. The van der Waals surface area contributed by atoms with Gasteiger partial charge in [-0.05, 0) is 24.1 Å². The first-order valence-electron chi connectivity index (χ1n) is 6.89. The number of piperidine rings is 1. The van der Waals surface area contributed by atoms with Crippen LogP contribution in [-0.4, -0.2) is 49.2 Å². The van der Waals surface area contributed by atoms with Gasteiger partial charge in [0.15, 0.2) is 0 Å². The lowest BCUT2D eigenvalue weighted by atomic mass is 10.0. The van der Waals surface area contributed by atoms with Crippen molar-refractivity contribution in [2.75, 3.05) is 27.2 Å². The number of carbonyl (C=O) groups is 1. The predicted octanol–water partition coefficient (Wildman–Crippen LogP) is 0.939. The van der Waals surface area contributed by atoms with Gasteiger partial charge in [-0.1, -0.05) is 12.1 Å². The van der Waals surface area contributed by atoms with E-state index >= 15 is 0 Å². The molecule has 0 spiro atoms. The Kier molecular flexibility index (Phi) is 4.98. The van der Waals surface area contributed by atoms with Crippen LogP contribution >= 0.6 is 0 Å². The predicted molar refractivity (Wildman–Crippen MR) is 76.6 cm³/mol. The number of ether oxygens (including phenoxy) is 1. The Bertz CT molecular complexity index is 464. The van der Waals surface area contributed by atoms with E-state index in [1.807, 2.05) is 31.3 Å². The lowest BCUT2D eigenvalue weighted by molar-refractivity contribution is -0.132. The number of hydrogen-bond acceptors (Lipinski definition) is 4. The number of likely N-dealkylation sites (tertiary alicyclic amines) is 1. The third-order valence-corrected chi connectivity index (χ3v) is 3.71. The second kappa shape index (κ2) is 6.72. The lowest BCUT2D eigenvalue weighted by Crippen LogP contribution is -2.47. The third-order valence-electron chi connectivity index (χ3n) is 3.71. The van der Waals surface area contributed by atoms with Crippen LogP contribution in [0.1, 0.15) is 24.5 Å². The smallest absolute Gasteiger partial charge is 0.222 e. The van der Waals surface area contributed by atoms with Crippen LogP contribution in [-0.2, 0) is 4.79 Å². The summed E-state index contributed by atoms with van der Waals surface area (Å²) in [6, 6.07) is 7.68. The highest BCUT2D eigenvalue weighted by Crippen LogP contribution is 2.19. The first-order chi connectivity index (χ1) is 9.60. The summed E-state index contributed by atoms with van der Waals surface area (Å²) in [7, 11) is 3.42. The molecular weight excluding hydrogens is 256 g/mol. The molecule has 0 bridgehead atoms. The van der Waals surface area contributed by atoms with Crippen LogP contribution in [0.4, 0.5) is 0 Å². The summed E-state index contributed by atoms with van der Waals surface area (Å²) in [6.07, 6.45) is 0.824. The highest BCUT2D eigenvalue weighted by Gasteiger charge is 2.23. The van der Waals surface area contributed by atoms with Crippen LogP contribution in [0.5, 0.6) is 5.75 Å². The maximum Gasteiger partial charge on any atom is 0.222 e. The highest BCUT2D eigenvalue weighted by atomic mass is 16.5. The standard InChI is InChI=1S/C15H22N2O3/c1-17-10-12(6-7-15(17)19)16-9-14(18)11-4-3-5-13(8-11)20-2/h3-5,8,12,14,16,18H,6-7,9-10H2,1-2H3. The van der Waals surface area contributed by atoms with Crippen LogP contribution in [0.3, 0.4) is 0 Å². The molecule has 0 radical (unpaired) electrons. The summed E-state index contributed by atoms with van der Waals surface area (Å²) in [5.74, 6) is 0.931. The maximum absolute atomic E-state index is 11.4. The molecular formula is C15H22N2O3.